The van der Waals surface area contributed by atoms with Crippen molar-refractivity contribution >= 4 is 5.97 Å². The van der Waals surface area contributed by atoms with E-state index in [1.54, 1.807) is 6.92 Å². The Balaban J connectivity index is 3.47. The molecule has 0 spiro atoms. The molecule has 5 heteroatoms. The predicted octanol–water partition coefficient (Wildman–Crippen LogP) is 0.783. The fraction of sp³-hybridized carbons (Fsp3) is 0.900. The molecule has 0 heterocycles. The fourth-order valence-corrected chi connectivity index (χ4v) is 1.01. The summed E-state index contributed by atoms with van der Waals surface area (Å²) >= 11 is 0. The van der Waals surface area contributed by atoms with E-state index in [-0.39, 0.29) is 12.8 Å². The third-order valence-electron chi connectivity index (χ3n) is 1.75. The van der Waals surface area contributed by atoms with Gasteiger partial charge in [-0.25, -0.2) is 4.79 Å². The number of carbonyl (C=O) groups excluding carboxylic acids is 1. The van der Waals surface area contributed by atoms with E-state index in [0.717, 1.165) is 12.8 Å². The Hall–Kier alpha value is -0.650. The lowest BCUT2D eigenvalue weighted by atomic mass is 10.1. The third-order valence-corrected chi connectivity index (χ3v) is 1.75. The van der Waals surface area contributed by atoms with Crippen molar-refractivity contribution in [3.8, 4) is 0 Å². The van der Waals surface area contributed by atoms with E-state index in [9.17, 15) is 9.90 Å². The van der Waals surface area contributed by atoms with Crippen molar-refractivity contribution in [3.05, 3.63) is 0 Å². The molecular formula is C10H20O5. The van der Waals surface area contributed by atoms with E-state index in [1.165, 1.54) is 0 Å². The number of hydrogen-bond donors (Lipinski definition) is 2. The van der Waals surface area contributed by atoms with Gasteiger partial charge in [-0.1, -0.05) is 13.3 Å². The van der Waals surface area contributed by atoms with Gasteiger partial charge in [0.1, 0.15) is 0 Å². The molecule has 0 fully saturated rings. The van der Waals surface area contributed by atoms with Crippen molar-refractivity contribution in [2.24, 2.45) is 0 Å². The lowest BCUT2D eigenvalue weighted by molar-refractivity contribution is -0.273. The molecule has 0 radical (unpaired) electrons. The summed E-state index contributed by atoms with van der Waals surface area (Å²) in [5, 5.41) is 18.2. The van der Waals surface area contributed by atoms with Gasteiger partial charge in [-0.3, -0.25) is 4.89 Å². The number of aliphatic hydroxyl groups excluding tert-OH is 2. The Morgan fingerprint density at radius 1 is 1.40 bits per heavy atom. The van der Waals surface area contributed by atoms with E-state index >= 15 is 0 Å². The van der Waals surface area contributed by atoms with Crippen LogP contribution in [0.15, 0.2) is 0 Å². The zero-order valence-electron chi connectivity index (χ0n) is 9.31. The summed E-state index contributed by atoms with van der Waals surface area (Å²) in [7, 11) is 0. The maximum atomic E-state index is 11.0. The molecule has 15 heavy (non-hydrogen) atoms. The standard InChI is InChI=1S/C10H20O5/c1-3-4-5-14-15-10(13)7-9(12)6-8(2)11/h8-9,11-12H,3-7H2,1-2H3. The lowest BCUT2D eigenvalue weighted by Gasteiger charge is -2.10. The van der Waals surface area contributed by atoms with Gasteiger partial charge in [-0.15, -0.1) is 0 Å². The Morgan fingerprint density at radius 3 is 2.60 bits per heavy atom. The van der Waals surface area contributed by atoms with Crippen LogP contribution in [-0.2, 0) is 14.6 Å². The van der Waals surface area contributed by atoms with Crippen molar-refractivity contribution < 1.29 is 24.8 Å². The Kier molecular flexibility index (Phi) is 8.27. The first-order valence-corrected chi connectivity index (χ1v) is 5.24. The summed E-state index contributed by atoms with van der Waals surface area (Å²) in [5.41, 5.74) is 0. The van der Waals surface area contributed by atoms with Crippen molar-refractivity contribution in [3.63, 3.8) is 0 Å². The highest BCUT2D eigenvalue weighted by Crippen LogP contribution is 2.03. The number of unbranched alkanes of at least 4 members (excludes halogenated alkanes) is 1. The average Bonchev–Trinajstić information content (AvgIpc) is 2.10. The van der Waals surface area contributed by atoms with Crippen molar-refractivity contribution in [2.75, 3.05) is 6.61 Å². The largest absolute Gasteiger partial charge is 0.393 e. The molecule has 0 aliphatic heterocycles. The van der Waals surface area contributed by atoms with Gasteiger partial charge in [-0.2, -0.15) is 4.89 Å². The second-order valence-corrected chi connectivity index (χ2v) is 3.57. The summed E-state index contributed by atoms with van der Waals surface area (Å²) in [6.07, 6.45) is 0.272. The van der Waals surface area contributed by atoms with Gasteiger partial charge in [-0.05, 0) is 19.8 Å². The minimum Gasteiger partial charge on any atom is -0.393 e. The van der Waals surface area contributed by atoms with Crippen molar-refractivity contribution in [1.29, 1.82) is 0 Å². The molecular weight excluding hydrogens is 200 g/mol. The summed E-state index contributed by atoms with van der Waals surface area (Å²) in [4.78, 5) is 20.0. The number of carbonyl (C=O) groups is 1. The number of hydrogen-bond acceptors (Lipinski definition) is 5. The minimum atomic E-state index is -0.882. The predicted molar refractivity (Wildman–Crippen MR) is 53.9 cm³/mol. The van der Waals surface area contributed by atoms with Gasteiger partial charge in [0.05, 0.1) is 25.2 Å². The van der Waals surface area contributed by atoms with E-state index in [4.69, 9.17) is 5.11 Å². The van der Waals surface area contributed by atoms with Crippen LogP contribution in [0.1, 0.15) is 39.5 Å². The Morgan fingerprint density at radius 2 is 2.07 bits per heavy atom. The molecule has 0 bridgehead atoms. The van der Waals surface area contributed by atoms with Crippen LogP contribution in [0.4, 0.5) is 0 Å². The van der Waals surface area contributed by atoms with E-state index in [1.807, 2.05) is 6.92 Å². The average molecular weight is 220 g/mol. The highest BCUT2D eigenvalue weighted by atomic mass is 17.2. The molecule has 5 nitrogen and oxygen atoms in total. The zero-order valence-corrected chi connectivity index (χ0v) is 9.31. The van der Waals surface area contributed by atoms with Crippen molar-refractivity contribution in [2.45, 2.75) is 51.7 Å². The first kappa shape index (κ1) is 14.3. The molecule has 90 valence electrons. The lowest BCUT2D eigenvalue weighted by Crippen LogP contribution is -2.20. The van der Waals surface area contributed by atoms with E-state index in [2.05, 4.69) is 9.78 Å². The maximum absolute atomic E-state index is 11.0. The van der Waals surface area contributed by atoms with Gasteiger partial charge in [0.15, 0.2) is 0 Å². The van der Waals surface area contributed by atoms with E-state index in [0.29, 0.717) is 6.61 Å². The SMILES string of the molecule is CCCCOOC(=O)CC(O)CC(C)O. The highest BCUT2D eigenvalue weighted by Gasteiger charge is 2.14. The molecule has 2 unspecified atom stereocenters. The molecule has 0 rings (SSSR count). The number of rotatable bonds is 8. The third kappa shape index (κ3) is 9.65. The van der Waals surface area contributed by atoms with Crippen LogP contribution in [0.2, 0.25) is 0 Å². The number of aliphatic hydroxyl groups is 2. The van der Waals surface area contributed by atoms with E-state index < -0.39 is 18.2 Å². The van der Waals surface area contributed by atoms with Crippen LogP contribution in [0.5, 0.6) is 0 Å². The first-order chi connectivity index (χ1) is 7.06. The zero-order chi connectivity index (χ0) is 11.7. The normalized spacial score (nSPS) is 14.7. The Labute approximate surface area is 89.9 Å². The Bertz CT molecular complexity index is 169. The maximum Gasteiger partial charge on any atom is 0.344 e. The molecule has 0 aliphatic carbocycles. The summed E-state index contributed by atoms with van der Waals surface area (Å²) in [6, 6.07) is 0. The van der Waals surface area contributed by atoms with Crippen LogP contribution in [0.3, 0.4) is 0 Å². The minimum absolute atomic E-state index is 0.156. The monoisotopic (exact) mass is 220 g/mol. The molecule has 0 aromatic rings. The quantitative estimate of drug-likeness (QED) is 0.359. The first-order valence-electron chi connectivity index (χ1n) is 5.24. The highest BCUT2D eigenvalue weighted by molar-refractivity contribution is 5.69. The smallest absolute Gasteiger partial charge is 0.344 e. The molecule has 0 aliphatic rings. The van der Waals surface area contributed by atoms with Gasteiger partial charge >= 0.3 is 5.97 Å². The van der Waals surface area contributed by atoms with Crippen molar-refractivity contribution in [1.82, 2.24) is 0 Å². The van der Waals surface area contributed by atoms with Crippen LogP contribution in [0.25, 0.3) is 0 Å². The molecule has 0 saturated carbocycles. The molecule has 2 N–H and O–H groups in total. The molecule has 0 aromatic heterocycles. The topological polar surface area (TPSA) is 76.0 Å². The fourth-order valence-electron chi connectivity index (χ4n) is 1.01. The molecule has 0 saturated heterocycles. The van der Waals surface area contributed by atoms with Gasteiger partial charge in [0.25, 0.3) is 0 Å². The van der Waals surface area contributed by atoms with Crippen LogP contribution in [-0.4, -0.2) is 35.0 Å². The van der Waals surface area contributed by atoms with Gasteiger partial charge < -0.3 is 10.2 Å². The molecule has 0 aromatic carbocycles. The summed E-state index contributed by atoms with van der Waals surface area (Å²) in [5.74, 6) is -0.612. The van der Waals surface area contributed by atoms with Crippen LogP contribution < -0.4 is 0 Å². The second kappa shape index (κ2) is 8.64. The van der Waals surface area contributed by atoms with Crippen LogP contribution in [0, 0.1) is 0 Å². The second-order valence-electron chi connectivity index (χ2n) is 3.57. The van der Waals surface area contributed by atoms with Gasteiger partial charge in [0, 0.05) is 0 Å². The van der Waals surface area contributed by atoms with Crippen LogP contribution >= 0.6 is 0 Å². The molecule has 0 amide bonds. The van der Waals surface area contributed by atoms with Gasteiger partial charge in [0.2, 0.25) is 0 Å². The molecule has 2 atom stereocenters. The summed E-state index contributed by atoms with van der Waals surface area (Å²) < 4.78 is 0. The summed E-state index contributed by atoms with van der Waals surface area (Å²) in [6.45, 7) is 3.92.